The summed E-state index contributed by atoms with van der Waals surface area (Å²) in [7, 11) is 0. The normalized spacial score (nSPS) is 27.3. The molecule has 1 aliphatic heterocycles. The second-order valence-electron chi connectivity index (χ2n) is 1.83. The summed E-state index contributed by atoms with van der Waals surface area (Å²) in [5, 5.41) is 5.67. The smallest absolute Gasteiger partial charge is 0.310 e. The van der Waals surface area contributed by atoms with Gasteiger partial charge >= 0.3 is 6.41 Å². The van der Waals surface area contributed by atoms with Crippen molar-refractivity contribution in [3.8, 4) is 0 Å². The van der Waals surface area contributed by atoms with Crippen molar-refractivity contribution in [3.05, 3.63) is 0 Å². The van der Waals surface area contributed by atoms with Crippen molar-refractivity contribution in [2.24, 2.45) is 0 Å². The van der Waals surface area contributed by atoms with E-state index in [4.69, 9.17) is 0 Å². The van der Waals surface area contributed by atoms with Crippen molar-refractivity contribution in [1.82, 2.24) is 10.6 Å². The molecule has 0 bridgehead atoms. The minimum absolute atomic E-state index is 0.140. The van der Waals surface area contributed by atoms with E-state index in [1.807, 2.05) is 11.8 Å². The van der Waals surface area contributed by atoms with E-state index in [1.165, 1.54) is 0 Å². The molecular formula is C5H9N2OS. The monoisotopic (exact) mass is 145 g/mol. The van der Waals surface area contributed by atoms with Crippen LogP contribution in [0.1, 0.15) is 0 Å². The van der Waals surface area contributed by atoms with Crippen LogP contribution >= 0.6 is 11.8 Å². The lowest BCUT2D eigenvalue weighted by Gasteiger charge is -2.21. The van der Waals surface area contributed by atoms with Crippen molar-refractivity contribution in [2.45, 2.75) is 6.17 Å². The van der Waals surface area contributed by atoms with Gasteiger partial charge in [0.25, 0.3) is 0 Å². The Morgan fingerprint density at radius 3 is 3.22 bits per heavy atom. The summed E-state index contributed by atoms with van der Waals surface area (Å²) >= 11 is 1.84. The lowest BCUT2D eigenvalue weighted by Crippen LogP contribution is -2.47. The van der Waals surface area contributed by atoms with E-state index in [0.29, 0.717) is 0 Å². The molecule has 1 fully saturated rings. The van der Waals surface area contributed by atoms with Crippen LogP contribution in [0.25, 0.3) is 0 Å². The fraction of sp³-hybridized carbons (Fsp3) is 0.800. The van der Waals surface area contributed by atoms with Gasteiger partial charge in [0.1, 0.15) is 0 Å². The van der Waals surface area contributed by atoms with Crippen LogP contribution < -0.4 is 10.6 Å². The van der Waals surface area contributed by atoms with Crippen molar-refractivity contribution in [2.75, 3.05) is 18.1 Å². The molecular weight excluding hydrogens is 136 g/mol. The number of thioether (sulfide) groups is 1. The average molecular weight is 145 g/mol. The molecule has 0 aromatic carbocycles. The van der Waals surface area contributed by atoms with Crippen LogP contribution in [0.3, 0.4) is 0 Å². The van der Waals surface area contributed by atoms with Crippen LogP contribution in [0.15, 0.2) is 0 Å². The molecule has 1 rings (SSSR count). The molecule has 0 aromatic heterocycles. The predicted molar refractivity (Wildman–Crippen MR) is 37.9 cm³/mol. The fourth-order valence-corrected chi connectivity index (χ4v) is 1.60. The van der Waals surface area contributed by atoms with Crippen molar-refractivity contribution < 1.29 is 4.79 Å². The molecule has 1 unspecified atom stereocenters. The molecule has 2 N–H and O–H groups in total. The van der Waals surface area contributed by atoms with Crippen LogP contribution in [-0.2, 0) is 4.79 Å². The highest BCUT2D eigenvalue weighted by molar-refractivity contribution is 7.99. The lowest BCUT2D eigenvalue weighted by atomic mass is 10.5. The van der Waals surface area contributed by atoms with Gasteiger partial charge in [0.05, 0.1) is 6.17 Å². The van der Waals surface area contributed by atoms with Gasteiger partial charge in [-0.1, -0.05) is 0 Å². The first-order valence-electron chi connectivity index (χ1n) is 2.87. The Labute approximate surface area is 58.6 Å². The van der Waals surface area contributed by atoms with E-state index in [-0.39, 0.29) is 6.17 Å². The topological polar surface area (TPSA) is 41.1 Å². The fourth-order valence-electron chi connectivity index (χ4n) is 0.729. The molecule has 1 radical (unpaired) electrons. The van der Waals surface area contributed by atoms with Crippen LogP contribution in [0.5, 0.6) is 0 Å². The van der Waals surface area contributed by atoms with Gasteiger partial charge in [-0.15, -0.1) is 0 Å². The van der Waals surface area contributed by atoms with Crippen LogP contribution in [0.2, 0.25) is 0 Å². The predicted octanol–water partition coefficient (Wildman–Crippen LogP) is -0.694. The zero-order chi connectivity index (χ0) is 6.53. The molecule has 0 saturated carbocycles. The Balaban J connectivity index is 2.15. The number of carbonyl (C=O) groups excluding carboxylic acids is 1. The minimum atomic E-state index is 0.140. The molecule has 1 saturated heterocycles. The van der Waals surface area contributed by atoms with Crippen LogP contribution in [0, 0.1) is 0 Å². The van der Waals surface area contributed by atoms with E-state index in [1.54, 1.807) is 6.41 Å². The third-order valence-corrected chi connectivity index (χ3v) is 2.22. The summed E-state index contributed by atoms with van der Waals surface area (Å²) in [6.07, 6.45) is 1.80. The van der Waals surface area contributed by atoms with E-state index in [0.717, 1.165) is 18.1 Å². The SMILES string of the molecule is O=[C]NC1CSCCN1. The molecule has 1 heterocycles. The van der Waals surface area contributed by atoms with Gasteiger partial charge < -0.3 is 5.32 Å². The maximum atomic E-state index is 9.79. The highest BCUT2D eigenvalue weighted by Gasteiger charge is 2.10. The zero-order valence-electron chi connectivity index (χ0n) is 5.02. The van der Waals surface area contributed by atoms with Crippen molar-refractivity contribution in [1.29, 1.82) is 0 Å². The Morgan fingerprint density at radius 2 is 2.67 bits per heavy atom. The maximum Gasteiger partial charge on any atom is 0.310 e. The number of amides is 1. The van der Waals surface area contributed by atoms with Gasteiger partial charge in [-0.3, -0.25) is 10.1 Å². The average Bonchev–Trinajstić information content (AvgIpc) is 1.91. The number of rotatable bonds is 2. The molecule has 1 atom stereocenters. The summed E-state index contributed by atoms with van der Waals surface area (Å²) < 4.78 is 0. The highest BCUT2D eigenvalue weighted by atomic mass is 32.2. The third-order valence-electron chi connectivity index (χ3n) is 1.15. The van der Waals surface area contributed by atoms with Gasteiger partial charge in [0, 0.05) is 18.1 Å². The quantitative estimate of drug-likeness (QED) is 0.505. The van der Waals surface area contributed by atoms with E-state index >= 15 is 0 Å². The van der Waals surface area contributed by atoms with Crippen LogP contribution in [-0.4, -0.2) is 30.6 Å². The Bertz CT molecular complexity index is 93.0. The zero-order valence-corrected chi connectivity index (χ0v) is 5.83. The van der Waals surface area contributed by atoms with Crippen molar-refractivity contribution in [3.63, 3.8) is 0 Å². The largest absolute Gasteiger partial charge is 0.332 e. The Hall–Kier alpha value is -0.220. The number of hydrogen-bond donors (Lipinski definition) is 2. The second kappa shape index (κ2) is 3.74. The molecule has 1 amide bonds. The molecule has 0 aromatic rings. The standard InChI is InChI=1S/C5H9N2OS/c8-4-7-5-3-9-2-1-6-5/h5-6H,1-3H2,(H,7,8). The van der Waals surface area contributed by atoms with Crippen LogP contribution in [0.4, 0.5) is 0 Å². The van der Waals surface area contributed by atoms with Gasteiger partial charge in [-0.05, 0) is 0 Å². The van der Waals surface area contributed by atoms with Gasteiger partial charge in [-0.2, -0.15) is 11.8 Å². The lowest BCUT2D eigenvalue weighted by molar-refractivity contribution is 0.490. The molecule has 3 nitrogen and oxygen atoms in total. The van der Waals surface area contributed by atoms with Gasteiger partial charge in [0.2, 0.25) is 0 Å². The first kappa shape index (κ1) is 6.89. The first-order valence-corrected chi connectivity index (χ1v) is 4.03. The Kier molecular flexibility index (Phi) is 2.86. The first-order chi connectivity index (χ1) is 4.43. The summed E-state index contributed by atoms with van der Waals surface area (Å²) in [5.41, 5.74) is 0. The highest BCUT2D eigenvalue weighted by Crippen LogP contribution is 2.04. The van der Waals surface area contributed by atoms with Gasteiger partial charge in [-0.25, -0.2) is 0 Å². The molecule has 1 aliphatic rings. The summed E-state index contributed by atoms with van der Waals surface area (Å²) in [4.78, 5) is 9.79. The summed E-state index contributed by atoms with van der Waals surface area (Å²) in [6.45, 7) is 0.976. The van der Waals surface area contributed by atoms with Gasteiger partial charge in [0.15, 0.2) is 0 Å². The molecule has 9 heavy (non-hydrogen) atoms. The molecule has 51 valence electrons. The van der Waals surface area contributed by atoms with E-state index in [9.17, 15) is 4.79 Å². The summed E-state index contributed by atoms with van der Waals surface area (Å²) in [5.74, 6) is 2.09. The summed E-state index contributed by atoms with van der Waals surface area (Å²) in [6, 6.07) is 0. The molecule has 0 spiro atoms. The van der Waals surface area contributed by atoms with Crippen molar-refractivity contribution >= 4 is 18.2 Å². The third kappa shape index (κ3) is 2.24. The minimum Gasteiger partial charge on any atom is -0.332 e. The maximum absolute atomic E-state index is 9.79. The number of nitrogens with one attached hydrogen (secondary N) is 2. The number of hydrogen-bond acceptors (Lipinski definition) is 3. The van der Waals surface area contributed by atoms with E-state index < -0.39 is 0 Å². The Morgan fingerprint density at radius 1 is 1.78 bits per heavy atom. The molecule has 0 aliphatic carbocycles. The molecule has 4 heteroatoms. The second-order valence-corrected chi connectivity index (χ2v) is 2.98. The van der Waals surface area contributed by atoms with E-state index in [2.05, 4.69) is 10.6 Å².